The molecule has 4 nitrogen and oxygen atoms in total. The van der Waals surface area contributed by atoms with E-state index in [9.17, 15) is 0 Å². The van der Waals surface area contributed by atoms with E-state index >= 15 is 0 Å². The molecule has 0 unspecified atom stereocenters. The molecule has 0 bridgehead atoms. The summed E-state index contributed by atoms with van der Waals surface area (Å²) in [5.41, 5.74) is 9.76. The van der Waals surface area contributed by atoms with Crippen molar-refractivity contribution in [2.24, 2.45) is 0 Å². The highest BCUT2D eigenvalue weighted by Gasteiger charge is 2.17. The molecule has 4 heteroatoms. The normalized spacial score (nSPS) is 11.9. The van der Waals surface area contributed by atoms with E-state index in [1.807, 2.05) is 48.8 Å². The van der Waals surface area contributed by atoms with Crippen molar-refractivity contribution in [2.75, 3.05) is 0 Å². The van der Waals surface area contributed by atoms with E-state index in [-0.39, 0.29) is 0 Å². The van der Waals surface area contributed by atoms with Crippen LogP contribution in [0.1, 0.15) is 50.7 Å². The van der Waals surface area contributed by atoms with Crippen molar-refractivity contribution in [1.29, 1.82) is 0 Å². The number of fused-ring (bicyclic) bond motifs is 7. The molecule has 0 fully saturated rings. The first-order chi connectivity index (χ1) is 22.4. The second-order valence-corrected chi connectivity index (χ2v) is 12.6. The van der Waals surface area contributed by atoms with Crippen molar-refractivity contribution < 1.29 is 9.15 Å². The van der Waals surface area contributed by atoms with Crippen molar-refractivity contribution >= 4 is 43.6 Å². The van der Waals surface area contributed by atoms with E-state index in [2.05, 4.69) is 100 Å². The molecule has 0 saturated carbocycles. The van der Waals surface area contributed by atoms with Gasteiger partial charge in [-0.3, -0.25) is 9.97 Å². The third-order valence-electron chi connectivity index (χ3n) is 8.95. The molecule has 0 atom stereocenters. The number of rotatable bonds is 6. The zero-order valence-electron chi connectivity index (χ0n) is 26.4. The fourth-order valence-electron chi connectivity index (χ4n) is 6.73. The van der Waals surface area contributed by atoms with Crippen molar-refractivity contribution in [3.8, 4) is 33.9 Å². The molecule has 3 aromatic heterocycles. The summed E-state index contributed by atoms with van der Waals surface area (Å²) in [4.78, 5) is 9.62. The maximum atomic E-state index is 6.48. The summed E-state index contributed by atoms with van der Waals surface area (Å²) in [5, 5.41) is 5.40. The van der Waals surface area contributed by atoms with Crippen LogP contribution in [-0.4, -0.2) is 9.97 Å². The van der Waals surface area contributed by atoms with Crippen molar-refractivity contribution in [2.45, 2.75) is 39.5 Å². The van der Waals surface area contributed by atoms with E-state index in [4.69, 9.17) is 19.1 Å². The molecule has 3 heterocycles. The number of aromatic nitrogens is 2. The fraction of sp³-hybridized carbons (Fsp3) is 0.143. The molecule has 0 N–H and O–H groups in total. The molecular formula is C42H34N2O2. The lowest BCUT2D eigenvalue weighted by atomic mass is 9.85. The predicted octanol–water partition coefficient (Wildman–Crippen LogP) is 12.1. The largest absolute Gasteiger partial charge is 0.457 e. The van der Waals surface area contributed by atoms with Gasteiger partial charge in [-0.25, -0.2) is 0 Å². The van der Waals surface area contributed by atoms with Gasteiger partial charge in [-0.15, -0.1) is 0 Å². The van der Waals surface area contributed by atoms with Gasteiger partial charge in [0.1, 0.15) is 17.1 Å². The Morgan fingerprint density at radius 2 is 1.35 bits per heavy atom. The summed E-state index contributed by atoms with van der Waals surface area (Å²) in [5.74, 6) is 2.35. The second kappa shape index (κ2) is 11.1. The lowest BCUT2D eigenvalue weighted by Crippen LogP contribution is -2.00. The van der Waals surface area contributed by atoms with Crippen LogP contribution >= 0.6 is 0 Å². The monoisotopic (exact) mass is 598 g/mol. The van der Waals surface area contributed by atoms with E-state index < -0.39 is 0 Å². The van der Waals surface area contributed by atoms with Gasteiger partial charge >= 0.3 is 0 Å². The Balaban J connectivity index is 1.17. The molecule has 8 rings (SSSR count). The van der Waals surface area contributed by atoms with Crippen LogP contribution in [0.25, 0.3) is 66.0 Å². The van der Waals surface area contributed by atoms with Gasteiger partial charge in [0.25, 0.3) is 0 Å². The van der Waals surface area contributed by atoms with Gasteiger partial charge in [-0.1, -0.05) is 94.4 Å². The third kappa shape index (κ3) is 4.78. The Labute approximate surface area is 268 Å². The number of benzene rings is 5. The standard InChI is InChI=1S/C42H34N2O2/c1-25(2)32-12-8-13-33(26(3)4)40(32)29-19-20-43-37(22-29)28-9-7-10-30(21-28)45-31-17-15-27-16-18-35-41-34-11-5-6-14-38(34)46-39(41)24-44-42(35)36(27)23-31/h5-26H,1-4H3. The number of para-hydroxylation sites is 1. The zero-order valence-corrected chi connectivity index (χ0v) is 26.4. The minimum Gasteiger partial charge on any atom is -0.457 e. The second-order valence-electron chi connectivity index (χ2n) is 12.6. The quantitative estimate of drug-likeness (QED) is 0.179. The van der Waals surface area contributed by atoms with Crippen LogP contribution in [0.2, 0.25) is 0 Å². The van der Waals surface area contributed by atoms with Crippen LogP contribution in [-0.2, 0) is 0 Å². The number of furan rings is 1. The van der Waals surface area contributed by atoms with Gasteiger partial charge in [0, 0.05) is 33.3 Å². The number of hydrogen-bond acceptors (Lipinski definition) is 4. The Kier molecular flexibility index (Phi) is 6.79. The van der Waals surface area contributed by atoms with Crippen LogP contribution in [0.5, 0.6) is 11.5 Å². The molecule has 0 saturated heterocycles. The first-order valence-electron chi connectivity index (χ1n) is 15.9. The molecule has 0 spiro atoms. The lowest BCUT2D eigenvalue weighted by molar-refractivity contribution is 0.483. The Bertz CT molecular complexity index is 2390. The van der Waals surface area contributed by atoms with Crippen LogP contribution in [0.15, 0.2) is 126 Å². The molecule has 0 radical (unpaired) electrons. The average molecular weight is 599 g/mol. The zero-order chi connectivity index (χ0) is 31.4. The lowest BCUT2D eigenvalue weighted by Gasteiger charge is -2.20. The maximum Gasteiger partial charge on any atom is 0.154 e. The van der Waals surface area contributed by atoms with Crippen molar-refractivity contribution in [3.63, 3.8) is 0 Å². The molecule has 0 amide bonds. The summed E-state index contributed by atoms with van der Waals surface area (Å²) in [6, 6.07) is 37.8. The smallest absolute Gasteiger partial charge is 0.154 e. The SMILES string of the molecule is CC(C)c1cccc(C(C)C)c1-c1ccnc(-c2cccc(Oc3ccc4ccc5c(ncc6oc7ccccc7c65)c4c3)c2)c1. The number of ether oxygens (including phenoxy) is 1. The molecule has 46 heavy (non-hydrogen) atoms. The topological polar surface area (TPSA) is 48.2 Å². The molecule has 5 aromatic carbocycles. The van der Waals surface area contributed by atoms with E-state index in [0.717, 1.165) is 66.4 Å². The highest BCUT2D eigenvalue weighted by Crippen LogP contribution is 2.39. The van der Waals surface area contributed by atoms with Gasteiger partial charge in [0.15, 0.2) is 5.58 Å². The van der Waals surface area contributed by atoms with Crippen molar-refractivity contribution in [3.05, 3.63) is 133 Å². The van der Waals surface area contributed by atoms with E-state index in [1.165, 1.54) is 22.3 Å². The summed E-state index contributed by atoms with van der Waals surface area (Å²) >= 11 is 0. The predicted molar refractivity (Wildman–Crippen MR) is 190 cm³/mol. The van der Waals surface area contributed by atoms with E-state index in [1.54, 1.807) is 0 Å². The molecule has 0 aliphatic carbocycles. The third-order valence-corrected chi connectivity index (χ3v) is 8.95. The average Bonchev–Trinajstić information content (AvgIpc) is 3.47. The minimum atomic E-state index is 0.418. The summed E-state index contributed by atoms with van der Waals surface area (Å²) in [6.07, 6.45) is 3.75. The minimum absolute atomic E-state index is 0.418. The van der Waals surface area contributed by atoms with Gasteiger partial charge in [0.05, 0.1) is 17.4 Å². The van der Waals surface area contributed by atoms with Gasteiger partial charge in [-0.05, 0) is 81.9 Å². The highest BCUT2D eigenvalue weighted by atomic mass is 16.5. The van der Waals surface area contributed by atoms with Crippen LogP contribution in [0.3, 0.4) is 0 Å². The van der Waals surface area contributed by atoms with Gasteiger partial charge in [0.2, 0.25) is 0 Å². The first-order valence-corrected chi connectivity index (χ1v) is 15.9. The van der Waals surface area contributed by atoms with Crippen LogP contribution in [0, 0.1) is 0 Å². The molecular weight excluding hydrogens is 564 g/mol. The number of nitrogens with zero attached hydrogens (tertiary/aromatic N) is 2. The number of pyridine rings is 2. The number of hydrogen-bond donors (Lipinski definition) is 0. The summed E-state index contributed by atoms with van der Waals surface area (Å²) in [6.45, 7) is 9.05. The highest BCUT2D eigenvalue weighted by molar-refractivity contribution is 6.22. The Hall–Kier alpha value is -5.48. The van der Waals surface area contributed by atoms with Crippen LogP contribution in [0.4, 0.5) is 0 Å². The molecule has 0 aliphatic heterocycles. The first kappa shape index (κ1) is 28.0. The molecule has 0 aliphatic rings. The summed E-state index contributed by atoms with van der Waals surface area (Å²) < 4.78 is 12.6. The summed E-state index contributed by atoms with van der Waals surface area (Å²) in [7, 11) is 0. The Morgan fingerprint density at radius 3 is 2.17 bits per heavy atom. The van der Waals surface area contributed by atoms with E-state index in [0.29, 0.717) is 11.8 Å². The van der Waals surface area contributed by atoms with Gasteiger partial charge in [-0.2, -0.15) is 0 Å². The maximum absolute atomic E-state index is 6.48. The fourth-order valence-corrected chi connectivity index (χ4v) is 6.73. The Morgan fingerprint density at radius 1 is 0.587 bits per heavy atom. The van der Waals surface area contributed by atoms with Gasteiger partial charge < -0.3 is 9.15 Å². The van der Waals surface area contributed by atoms with Crippen molar-refractivity contribution in [1.82, 2.24) is 9.97 Å². The molecule has 224 valence electrons. The molecule has 8 aromatic rings. The van der Waals surface area contributed by atoms with Crippen LogP contribution < -0.4 is 4.74 Å².